The third-order valence-corrected chi connectivity index (χ3v) is 4.92. The fourth-order valence-electron chi connectivity index (χ4n) is 3.29. The summed E-state index contributed by atoms with van der Waals surface area (Å²) < 4.78 is 16.8. The number of hydrazone groups is 1. The largest absolute Gasteiger partial charge is 0.493 e. The minimum Gasteiger partial charge on any atom is -0.493 e. The van der Waals surface area contributed by atoms with Crippen LogP contribution in [0.1, 0.15) is 30.0 Å². The molecule has 1 amide bonds. The first-order valence-corrected chi connectivity index (χ1v) is 10.1. The highest BCUT2D eigenvalue weighted by molar-refractivity contribution is 6.32. The summed E-state index contributed by atoms with van der Waals surface area (Å²) in [6, 6.07) is 16.9. The third-order valence-electron chi connectivity index (χ3n) is 4.63. The molecule has 0 saturated carbocycles. The maximum absolute atomic E-state index is 12.5. The Bertz CT molecular complexity index is 1290. The summed E-state index contributed by atoms with van der Waals surface area (Å²) >= 11 is 6.32. The van der Waals surface area contributed by atoms with E-state index in [0.29, 0.717) is 27.7 Å². The van der Waals surface area contributed by atoms with Crippen LogP contribution in [0.4, 0.5) is 0 Å². The van der Waals surface area contributed by atoms with E-state index in [-0.39, 0.29) is 11.9 Å². The first-order valence-electron chi connectivity index (χ1n) is 9.75. The van der Waals surface area contributed by atoms with E-state index < -0.39 is 5.91 Å². The van der Waals surface area contributed by atoms with E-state index in [1.165, 1.54) is 13.3 Å². The van der Waals surface area contributed by atoms with Crippen LogP contribution < -0.4 is 14.9 Å². The Balaban J connectivity index is 1.53. The molecule has 0 bridgehead atoms. The minimum atomic E-state index is -0.450. The second kappa shape index (κ2) is 8.70. The van der Waals surface area contributed by atoms with Gasteiger partial charge in [-0.2, -0.15) is 5.10 Å². The van der Waals surface area contributed by atoms with Crippen LogP contribution in [0.2, 0.25) is 5.02 Å². The number of hydrogen-bond acceptors (Lipinski definition) is 5. The minimum absolute atomic E-state index is 0.0499. The van der Waals surface area contributed by atoms with E-state index in [9.17, 15) is 4.79 Å². The number of carbonyl (C=O) groups excluding carboxylic acids is 1. The lowest BCUT2D eigenvalue weighted by Gasteiger charge is -2.15. The molecule has 0 saturated heterocycles. The molecule has 0 aliphatic heterocycles. The fourth-order valence-corrected chi connectivity index (χ4v) is 3.55. The molecule has 0 radical (unpaired) electrons. The molecule has 4 rings (SSSR count). The smallest absolute Gasteiger partial charge is 0.307 e. The van der Waals surface area contributed by atoms with Crippen molar-refractivity contribution in [2.75, 3.05) is 7.11 Å². The summed E-state index contributed by atoms with van der Waals surface area (Å²) in [5, 5.41) is 7.40. The molecule has 158 valence electrons. The number of rotatable bonds is 6. The van der Waals surface area contributed by atoms with Crippen molar-refractivity contribution in [1.82, 2.24) is 5.43 Å². The van der Waals surface area contributed by atoms with Crippen LogP contribution in [0.5, 0.6) is 11.5 Å². The quantitative estimate of drug-likeness (QED) is 0.306. The van der Waals surface area contributed by atoms with Gasteiger partial charge in [-0.15, -0.1) is 0 Å². The zero-order valence-electron chi connectivity index (χ0n) is 17.3. The van der Waals surface area contributed by atoms with E-state index in [0.717, 1.165) is 16.2 Å². The molecule has 1 aromatic heterocycles. The Labute approximate surface area is 184 Å². The molecule has 1 N–H and O–H groups in total. The first kappa shape index (κ1) is 20.8. The lowest BCUT2D eigenvalue weighted by atomic mass is 10.1. The van der Waals surface area contributed by atoms with Gasteiger partial charge in [-0.05, 0) is 54.4 Å². The Morgan fingerprint density at radius 1 is 1.13 bits per heavy atom. The molecule has 0 fully saturated rings. The van der Waals surface area contributed by atoms with Crippen molar-refractivity contribution < 1.29 is 18.7 Å². The number of furan rings is 1. The van der Waals surface area contributed by atoms with Crippen molar-refractivity contribution in [3.8, 4) is 11.5 Å². The number of methoxy groups -OCH3 is 1. The topological polar surface area (TPSA) is 73.1 Å². The number of hydrogen-bond donors (Lipinski definition) is 1. The van der Waals surface area contributed by atoms with Gasteiger partial charge in [0.15, 0.2) is 17.3 Å². The van der Waals surface area contributed by atoms with Crippen LogP contribution in [-0.4, -0.2) is 25.3 Å². The van der Waals surface area contributed by atoms with Crippen LogP contribution in [-0.2, 0) is 0 Å². The second-order valence-corrected chi connectivity index (χ2v) is 7.62. The molecule has 4 aromatic rings. The molecule has 6 nitrogen and oxygen atoms in total. The Morgan fingerprint density at radius 3 is 2.71 bits per heavy atom. The van der Waals surface area contributed by atoms with Gasteiger partial charge >= 0.3 is 5.91 Å². The highest BCUT2D eigenvalue weighted by atomic mass is 35.5. The number of ether oxygens (including phenoxy) is 2. The molecule has 7 heteroatoms. The van der Waals surface area contributed by atoms with E-state index in [2.05, 4.69) is 10.5 Å². The van der Waals surface area contributed by atoms with Gasteiger partial charge in [0.25, 0.3) is 0 Å². The zero-order chi connectivity index (χ0) is 22.0. The van der Waals surface area contributed by atoms with Crippen LogP contribution in [0.3, 0.4) is 0 Å². The van der Waals surface area contributed by atoms with Crippen LogP contribution in [0, 0.1) is 0 Å². The van der Waals surface area contributed by atoms with Gasteiger partial charge in [0, 0.05) is 5.39 Å². The summed E-state index contributed by atoms with van der Waals surface area (Å²) in [6.07, 6.45) is 1.43. The van der Waals surface area contributed by atoms with Crippen molar-refractivity contribution in [3.05, 3.63) is 70.9 Å². The predicted octanol–water partition coefficient (Wildman–Crippen LogP) is 5.80. The number of nitrogens with one attached hydrogen (secondary N) is 1. The number of carbonyl (C=O) groups is 1. The molecule has 0 atom stereocenters. The van der Waals surface area contributed by atoms with Crippen molar-refractivity contribution in [3.63, 3.8) is 0 Å². The maximum Gasteiger partial charge on any atom is 0.307 e. The van der Waals surface area contributed by atoms with E-state index in [4.69, 9.17) is 25.5 Å². The molecular weight excluding hydrogens is 416 g/mol. The highest BCUT2D eigenvalue weighted by Crippen LogP contribution is 2.36. The monoisotopic (exact) mass is 436 g/mol. The highest BCUT2D eigenvalue weighted by Gasteiger charge is 2.15. The Kier molecular flexibility index (Phi) is 5.82. The molecule has 3 aromatic carbocycles. The lowest BCUT2D eigenvalue weighted by molar-refractivity contribution is 0.0929. The number of amides is 1. The molecule has 0 aliphatic rings. The molecule has 0 spiro atoms. The lowest BCUT2D eigenvalue weighted by Crippen LogP contribution is -2.16. The number of nitrogens with zero attached hydrogens (tertiary/aromatic N) is 1. The van der Waals surface area contributed by atoms with Gasteiger partial charge in [-0.3, -0.25) is 4.79 Å². The summed E-state index contributed by atoms with van der Waals surface area (Å²) in [6.45, 7) is 3.81. The Hall–Kier alpha value is -3.51. The first-order chi connectivity index (χ1) is 15.0. The van der Waals surface area contributed by atoms with Gasteiger partial charge in [-0.1, -0.05) is 41.9 Å². The van der Waals surface area contributed by atoms with Gasteiger partial charge < -0.3 is 13.9 Å². The number of fused-ring (bicyclic) bond motifs is 3. The van der Waals surface area contributed by atoms with E-state index in [1.807, 2.05) is 50.2 Å². The fraction of sp³-hybridized carbons (Fsp3) is 0.167. The maximum atomic E-state index is 12.5. The average Bonchev–Trinajstić information content (AvgIpc) is 3.20. The molecule has 0 unspecified atom stereocenters. The van der Waals surface area contributed by atoms with Crippen molar-refractivity contribution >= 4 is 45.5 Å². The molecule has 0 aliphatic carbocycles. The summed E-state index contributed by atoms with van der Waals surface area (Å²) in [5.41, 5.74) is 3.77. The molecule has 31 heavy (non-hydrogen) atoms. The van der Waals surface area contributed by atoms with E-state index >= 15 is 0 Å². The summed E-state index contributed by atoms with van der Waals surface area (Å²) in [7, 11) is 1.53. The van der Waals surface area contributed by atoms with Crippen molar-refractivity contribution in [1.29, 1.82) is 0 Å². The van der Waals surface area contributed by atoms with Gasteiger partial charge in [0.2, 0.25) is 0 Å². The SMILES string of the molecule is COc1cc(/C=N\NC(=O)c2cc3c(ccc4ccccc43)o2)cc(Cl)c1OC(C)C. The molecular formula is C24H21ClN2O4. The van der Waals surface area contributed by atoms with Gasteiger partial charge in [-0.25, -0.2) is 5.43 Å². The summed E-state index contributed by atoms with van der Waals surface area (Å²) in [5.74, 6) is 0.683. The number of benzene rings is 3. The second-order valence-electron chi connectivity index (χ2n) is 7.21. The number of halogens is 1. The average molecular weight is 437 g/mol. The van der Waals surface area contributed by atoms with Gasteiger partial charge in [0.05, 0.1) is 24.5 Å². The standard InChI is InChI=1S/C24H21ClN2O4/c1-14(2)30-23-19(25)10-15(11-21(23)29-3)13-26-27-24(28)22-12-18-17-7-5-4-6-16(17)8-9-20(18)31-22/h4-14H,1-3H3,(H,27,28)/b26-13-. The normalized spacial score (nSPS) is 11.5. The summed E-state index contributed by atoms with van der Waals surface area (Å²) in [4.78, 5) is 12.5. The van der Waals surface area contributed by atoms with Crippen LogP contribution >= 0.6 is 11.6 Å². The van der Waals surface area contributed by atoms with Crippen LogP contribution in [0.25, 0.3) is 21.7 Å². The van der Waals surface area contributed by atoms with Crippen LogP contribution in [0.15, 0.2) is 64.1 Å². The predicted molar refractivity (Wildman–Crippen MR) is 123 cm³/mol. The third kappa shape index (κ3) is 4.34. The van der Waals surface area contributed by atoms with E-state index in [1.54, 1.807) is 18.2 Å². The van der Waals surface area contributed by atoms with Gasteiger partial charge in [0.1, 0.15) is 5.58 Å². The molecule has 1 heterocycles. The zero-order valence-corrected chi connectivity index (χ0v) is 18.1. The van der Waals surface area contributed by atoms with Crippen molar-refractivity contribution in [2.24, 2.45) is 5.10 Å². The Morgan fingerprint density at radius 2 is 1.94 bits per heavy atom. The van der Waals surface area contributed by atoms with Crippen molar-refractivity contribution in [2.45, 2.75) is 20.0 Å².